The molecule has 23 heavy (non-hydrogen) atoms. The van der Waals surface area contributed by atoms with Gasteiger partial charge in [-0.15, -0.1) is 0 Å². The van der Waals surface area contributed by atoms with Crippen molar-refractivity contribution in [3.8, 4) is 0 Å². The zero-order valence-corrected chi connectivity index (χ0v) is 14.1. The van der Waals surface area contributed by atoms with Crippen LogP contribution in [0.1, 0.15) is 19.3 Å². The molecule has 0 saturated carbocycles. The van der Waals surface area contributed by atoms with Gasteiger partial charge >= 0.3 is 0 Å². The van der Waals surface area contributed by atoms with Crippen LogP contribution in [-0.2, 0) is 14.4 Å². The summed E-state index contributed by atoms with van der Waals surface area (Å²) in [5.74, 6) is -0.273. The van der Waals surface area contributed by atoms with Gasteiger partial charge in [0.25, 0.3) is 0 Å². The first kappa shape index (κ1) is 20.9. The molecule has 2 amide bonds. The van der Waals surface area contributed by atoms with Crippen molar-refractivity contribution in [3.63, 3.8) is 0 Å². The maximum atomic E-state index is 11.6. The van der Waals surface area contributed by atoms with Crippen LogP contribution in [0.3, 0.4) is 0 Å². The minimum atomic E-state index is -0.211. The number of nitrogens with zero attached hydrogens (tertiary/aromatic N) is 1. The SMILES string of the molecule is C=C(CCCN(C)C(=O)/C=C\C=O)NCC(=O)NCCCNC. The van der Waals surface area contributed by atoms with E-state index in [0.29, 0.717) is 25.8 Å². The van der Waals surface area contributed by atoms with Crippen molar-refractivity contribution in [2.24, 2.45) is 0 Å². The summed E-state index contributed by atoms with van der Waals surface area (Å²) in [5, 5.41) is 8.80. The van der Waals surface area contributed by atoms with E-state index in [1.165, 1.54) is 17.1 Å². The molecule has 0 aliphatic heterocycles. The van der Waals surface area contributed by atoms with Gasteiger partial charge < -0.3 is 20.9 Å². The third-order valence-corrected chi connectivity index (χ3v) is 3.09. The molecule has 0 rings (SSSR count). The number of carbonyl (C=O) groups excluding carboxylic acids is 3. The molecule has 0 aromatic rings. The van der Waals surface area contributed by atoms with Crippen LogP contribution in [0, 0.1) is 0 Å². The summed E-state index contributed by atoms with van der Waals surface area (Å²) in [6.07, 6.45) is 5.27. The largest absolute Gasteiger partial charge is 0.380 e. The Balaban J connectivity index is 3.74. The molecule has 0 aromatic heterocycles. The molecule has 0 heterocycles. The number of carbonyl (C=O) groups is 3. The summed E-state index contributed by atoms with van der Waals surface area (Å²) in [6.45, 7) is 6.14. The number of rotatable bonds is 13. The zero-order chi connectivity index (χ0) is 17.5. The van der Waals surface area contributed by atoms with Gasteiger partial charge in [0.15, 0.2) is 0 Å². The van der Waals surface area contributed by atoms with Gasteiger partial charge in [0.2, 0.25) is 11.8 Å². The third-order valence-electron chi connectivity index (χ3n) is 3.09. The van der Waals surface area contributed by atoms with Crippen molar-refractivity contribution in [2.75, 3.05) is 40.3 Å². The Bertz CT molecular complexity index is 422. The standard InChI is InChI=1S/C16H28N4O3/c1-14(19-13-15(22)18-10-6-9-17-2)7-4-11-20(3)16(23)8-5-12-21/h5,8,12,17,19H,1,4,6-7,9-11,13H2,2-3H3,(H,18,22)/b8-5-. The molecule has 0 aromatic carbocycles. The second-order valence-electron chi connectivity index (χ2n) is 5.12. The molecule has 0 radical (unpaired) electrons. The van der Waals surface area contributed by atoms with Crippen LogP contribution in [0.25, 0.3) is 0 Å². The van der Waals surface area contributed by atoms with Crippen LogP contribution in [0.4, 0.5) is 0 Å². The van der Waals surface area contributed by atoms with E-state index < -0.39 is 0 Å². The number of amides is 2. The summed E-state index contributed by atoms with van der Waals surface area (Å²) in [7, 11) is 3.54. The average Bonchev–Trinajstić information content (AvgIpc) is 2.54. The van der Waals surface area contributed by atoms with Gasteiger partial charge in [0.1, 0.15) is 6.29 Å². The van der Waals surface area contributed by atoms with Crippen molar-refractivity contribution in [2.45, 2.75) is 19.3 Å². The minimum Gasteiger partial charge on any atom is -0.380 e. The fraction of sp³-hybridized carbons (Fsp3) is 0.562. The van der Waals surface area contributed by atoms with Gasteiger partial charge in [-0.25, -0.2) is 0 Å². The lowest BCUT2D eigenvalue weighted by Gasteiger charge is -2.15. The zero-order valence-electron chi connectivity index (χ0n) is 14.1. The first-order valence-electron chi connectivity index (χ1n) is 7.71. The number of hydrogen-bond acceptors (Lipinski definition) is 5. The molecular weight excluding hydrogens is 296 g/mol. The monoisotopic (exact) mass is 324 g/mol. The van der Waals surface area contributed by atoms with Crippen LogP contribution >= 0.6 is 0 Å². The van der Waals surface area contributed by atoms with Crippen molar-refractivity contribution >= 4 is 18.1 Å². The van der Waals surface area contributed by atoms with Gasteiger partial charge in [0.05, 0.1) is 6.54 Å². The summed E-state index contributed by atoms with van der Waals surface area (Å²) < 4.78 is 0. The predicted octanol–water partition coefficient (Wildman–Crippen LogP) is -0.191. The molecule has 0 aliphatic carbocycles. The summed E-state index contributed by atoms with van der Waals surface area (Å²) >= 11 is 0. The number of hydrogen-bond donors (Lipinski definition) is 3. The molecular formula is C16H28N4O3. The van der Waals surface area contributed by atoms with Crippen molar-refractivity contribution in [3.05, 3.63) is 24.4 Å². The quantitative estimate of drug-likeness (QED) is 0.248. The summed E-state index contributed by atoms with van der Waals surface area (Å²) in [6, 6.07) is 0. The predicted molar refractivity (Wildman–Crippen MR) is 90.8 cm³/mol. The molecule has 0 atom stereocenters. The van der Waals surface area contributed by atoms with Crippen molar-refractivity contribution in [1.82, 2.24) is 20.9 Å². The van der Waals surface area contributed by atoms with Crippen LogP contribution in [0.2, 0.25) is 0 Å². The fourth-order valence-electron chi connectivity index (χ4n) is 1.74. The highest BCUT2D eigenvalue weighted by molar-refractivity contribution is 5.90. The Morgan fingerprint density at radius 3 is 2.57 bits per heavy atom. The van der Waals surface area contributed by atoms with Crippen LogP contribution in [0.15, 0.2) is 24.4 Å². The van der Waals surface area contributed by atoms with E-state index >= 15 is 0 Å². The van der Waals surface area contributed by atoms with Gasteiger partial charge in [0, 0.05) is 31.9 Å². The van der Waals surface area contributed by atoms with Gasteiger partial charge in [-0.2, -0.15) is 0 Å². The van der Waals surface area contributed by atoms with Crippen LogP contribution < -0.4 is 16.0 Å². The molecule has 0 spiro atoms. The number of aldehydes is 1. The van der Waals surface area contributed by atoms with E-state index in [4.69, 9.17) is 0 Å². The van der Waals surface area contributed by atoms with E-state index in [1.54, 1.807) is 7.05 Å². The summed E-state index contributed by atoms with van der Waals surface area (Å²) in [4.78, 5) is 34.8. The number of likely N-dealkylation sites (N-methyl/N-ethyl adjacent to an activating group) is 1. The highest BCUT2D eigenvalue weighted by Gasteiger charge is 2.05. The van der Waals surface area contributed by atoms with Crippen LogP contribution in [0.5, 0.6) is 0 Å². The Morgan fingerprint density at radius 1 is 1.17 bits per heavy atom. The Morgan fingerprint density at radius 2 is 1.91 bits per heavy atom. The van der Waals surface area contributed by atoms with Gasteiger partial charge in [-0.05, 0) is 38.9 Å². The third kappa shape index (κ3) is 12.1. The molecule has 0 aliphatic rings. The van der Waals surface area contributed by atoms with Crippen LogP contribution in [-0.4, -0.2) is 63.3 Å². The average molecular weight is 324 g/mol. The molecule has 3 N–H and O–H groups in total. The Hall–Kier alpha value is -2.15. The molecule has 0 fully saturated rings. The highest BCUT2D eigenvalue weighted by atomic mass is 16.2. The molecule has 0 unspecified atom stereocenters. The minimum absolute atomic E-state index is 0.0615. The maximum Gasteiger partial charge on any atom is 0.246 e. The maximum absolute atomic E-state index is 11.6. The normalized spacial score (nSPS) is 10.3. The lowest BCUT2D eigenvalue weighted by Crippen LogP contribution is -2.34. The molecule has 0 bridgehead atoms. The highest BCUT2D eigenvalue weighted by Crippen LogP contribution is 2.00. The lowest BCUT2D eigenvalue weighted by atomic mass is 10.2. The first-order chi connectivity index (χ1) is 11.0. The second kappa shape index (κ2) is 13.5. The van der Waals surface area contributed by atoms with E-state index in [-0.39, 0.29) is 18.4 Å². The molecule has 7 nitrogen and oxygen atoms in total. The lowest BCUT2D eigenvalue weighted by molar-refractivity contribution is -0.125. The summed E-state index contributed by atoms with van der Waals surface area (Å²) in [5.41, 5.74) is 0.764. The molecule has 130 valence electrons. The molecule has 7 heteroatoms. The fourth-order valence-corrected chi connectivity index (χ4v) is 1.74. The van der Waals surface area contributed by atoms with Gasteiger partial charge in [-0.3, -0.25) is 14.4 Å². The Labute approximate surface area is 138 Å². The van der Waals surface area contributed by atoms with E-state index in [9.17, 15) is 14.4 Å². The van der Waals surface area contributed by atoms with E-state index in [2.05, 4.69) is 22.5 Å². The number of nitrogens with one attached hydrogen (secondary N) is 3. The topological polar surface area (TPSA) is 90.5 Å². The Kier molecular flexibility index (Phi) is 12.2. The van der Waals surface area contributed by atoms with Crippen molar-refractivity contribution in [1.29, 1.82) is 0 Å². The smallest absolute Gasteiger partial charge is 0.246 e. The van der Waals surface area contributed by atoms with Gasteiger partial charge in [-0.1, -0.05) is 6.58 Å². The second-order valence-corrected chi connectivity index (χ2v) is 5.12. The molecule has 0 saturated heterocycles. The van der Waals surface area contributed by atoms with Crippen molar-refractivity contribution < 1.29 is 14.4 Å². The number of allylic oxidation sites excluding steroid dienone is 2. The first-order valence-corrected chi connectivity index (χ1v) is 7.71. The van der Waals surface area contributed by atoms with E-state index in [1.807, 2.05) is 7.05 Å². The van der Waals surface area contributed by atoms with E-state index in [0.717, 1.165) is 25.1 Å².